The highest BCUT2D eigenvalue weighted by Gasteiger charge is 2.17. The van der Waals surface area contributed by atoms with Crippen LogP contribution in [0.1, 0.15) is 61.8 Å². The first kappa shape index (κ1) is 29.3. The molecular formula is C21H32N4O8. The number of unbranched alkanes of at least 4 members (excludes halogenated alkanes) is 1. The van der Waals surface area contributed by atoms with Crippen molar-refractivity contribution in [1.82, 2.24) is 18.7 Å². The van der Waals surface area contributed by atoms with Crippen molar-refractivity contribution in [3.05, 3.63) is 65.2 Å². The van der Waals surface area contributed by atoms with E-state index in [1.165, 1.54) is 24.9 Å². The van der Waals surface area contributed by atoms with Gasteiger partial charge >= 0.3 is 23.3 Å². The summed E-state index contributed by atoms with van der Waals surface area (Å²) in [5.41, 5.74) is -2.56. The number of nitrogens with zero attached hydrogens (tertiary/aromatic N) is 3. The number of aromatic amines is 1. The number of carbonyl (C=O) groups is 2. The van der Waals surface area contributed by atoms with E-state index >= 15 is 0 Å². The van der Waals surface area contributed by atoms with Gasteiger partial charge in [-0.25, -0.2) is 19.2 Å². The van der Waals surface area contributed by atoms with Crippen LogP contribution in [0.2, 0.25) is 0 Å². The van der Waals surface area contributed by atoms with E-state index in [2.05, 4.69) is 4.74 Å². The summed E-state index contributed by atoms with van der Waals surface area (Å²) in [4.78, 5) is 70.7. The number of aryl methyl sites for hydroxylation is 2. The van der Waals surface area contributed by atoms with Crippen LogP contribution < -0.4 is 22.5 Å². The van der Waals surface area contributed by atoms with Crippen LogP contribution in [0.4, 0.5) is 0 Å². The summed E-state index contributed by atoms with van der Waals surface area (Å²) in [6, 6.07) is 0. The maximum Gasteiger partial charge on any atom is 0.345 e. The lowest BCUT2D eigenvalue weighted by Crippen LogP contribution is -2.41. The minimum absolute atomic E-state index is 0. The first-order valence-electron chi connectivity index (χ1n) is 10.0. The van der Waals surface area contributed by atoms with Crippen molar-refractivity contribution in [1.29, 1.82) is 0 Å². The maximum atomic E-state index is 12.0. The highest BCUT2D eigenvalue weighted by Crippen LogP contribution is 1.95. The van der Waals surface area contributed by atoms with E-state index in [1.54, 1.807) is 13.8 Å². The van der Waals surface area contributed by atoms with Gasteiger partial charge in [0.05, 0.1) is 13.2 Å². The number of rotatable bonds is 7. The Bertz CT molecular complexity index is 1190. The third-order valence-electron chi connectivity index (χ3n) is 4.17. The van der Waals surface area contributed by atoms with E-state index in [0.717, 1.165) is 21.8 Å². The standard InChI is InChI=1S/C12H18N2O4.C8H10N2O4.CH4/c1-4-6-7-14-10(15)9(11(16)18-5-2)8-13(3)12(14)17;1-3-14-7(12)5-4-10(2)8(13)9-6(5)11;/h8H,4-7H2,1-3H3;4H,3H2,1-2H3,(H,9,11,13);1H4. The number of hydrogen-bond acceptors (Lipinski definition) is 8. The third kappa shape index (κ3) is 7.74. The first-order valence-corrected chi connectivity index (χ1v) is 10.0. The van der Waals surface area contributed by atoms with Gasteiger partial charge in [-0.2, -0.15) is 0 Å². The number of aromatic nitrogens is 4. The highest BCUT2D eigenvalue weighted by molar-refractivity contribution is 5.89. The Kier molecular flexibility index (Phi) is 12.1. The fraction of sp³-hybridized carbons (Fsp3) is 0.524. The Balaban J connectivity index is 0.000000620. The van der Waals surface area contributed by atoms with E-state index in [-0.39, 0.29) is 31.8 Å². The van der Waals surface area contributed by atoms with Crippen LogP contribution in [0.5, 0.6) is 0 Å². The molecule has 0 spiro atoms. The molecule has 0 fully saturated rings. The molecule has 2 aromatic heterocycles. The molecule has 2 aromatic rings. The molecule has 0 aliphatic heterocycles. The van der Waals surface area contributed by atoms with Gasteiger partial charge in [0.1, 0.15) is 11.1 Å². The molecule has 0 aliphatic rings. The van der Waals surface area contributed by atoms with Gasteiger partial charge in [-0.05, 0) is 20.3 Å². The molecule has 2 rings (SSSR count). The molecule has 0 atom stereocenters. The summed E-state index contributed by atoms with van der Waals surface area (Å²) in [5.74, 6) is -1.42. The Hall–Kier alpha value is -3.70. The second-order valence-corrected chi connectivity index (χ2v) is 6.60. The summed E-state index contributed by atoms with van der Waals surface area (Å²) in [6.07, 6.45) is 3.95. The molecule has 1 N–H and O–H groups in total. The van der Waals surface area contributed by atoms with Crippen LogP contribution in [0.25, 0.3) is 0 Å². The van der Waals surface area contributed by atoms with Gasteiger partial charge in [-0.3, -0.25) is 19.1 Å². The maximum absolute atomic E-state index is 12.0. The molecule has 12 heteroatoms. The summed E-state index contributed by atoms with van der Waals surface area (Å²) in [5, 5.41) is 0. The number of H-pyrrole nitrogens is 1. The highest BCUT2D eigenvalue weighted by atomic mass is 16.5. The van der Waals surface area contributed by atoms with Crippen LogP contribution >= 0.6 is 0 Å². The molecule has 184 valence electrons. The fourth-order valence-electron chi connectivity index (χ4n) is 2.51. The van der Waals surface area contributed by atoms with Crippen molar-refractivity contribution in [3.63, 3.8) is 0 Å². The van der Waals surface area contributed by atoms with Crippen molar-refractivity contribution in [2.75, 3.05) is 13.2 Å². The van der Waals surface area contributed by atoms with Crippen LogP contribution in [0, 0.1) is 0 Å². The van der Waals surface area contributed by atoms with Gasteiger partial charge in [0.2, 0.25) is 0 Å². The van der Waals surface area contributed by atoms with Crippen LogP contribution in [-0.4, -0.2) is 43.8 Å². The van der Waals surface area contributed by atoms with Gasteiger partial charge < -0.3 is 18.6 Å². The molecular weight excluding hydrogens is 436 g/mol. The topological polar surface area (TPSA) is 151 Å². The summed E-state index contributed by atoms with van der Waals surface area (Å²) >= 11 is 0. The third-order valence-corrected chi connectivity index (χ3v) is 4.17. The second-order valence-electron chi connectivity index (χ2n) is 6.60. The SMILES string of the molecule is C.CCCCn1c(=O)c(C(=O)OCC)cn(C)c1=O.CCOC(=O)c1cn(C)c(=O)[nH]c1=O. The molecule has 0 saturated carbocycles. The van der Waals surface area contributed by atoms with Crippen molar-refractivity contribution < 1.29 is 19.1 Å². The molecule has 0 aliphatic carbocycles. The summed E-state index contributed by atoms with van der Waals surface area (Å²) < 4.78 is 12.8. The molecule has 33 heavy (non-hydrogen) atoms. The number of ether oxygens (including phenoxy) is 2. The second kappa shape index (κ2) is 13.7. The van der Waals surface area contributed by atoms with Crippen molar-refractivity contribution >= 4 is 11.9 Å². The molecule has 2 heterocycles. The zero-order valence-electron chi connectivity index (χ0n) is 18.8. The lowest BCUT2D eigenvalue weighted by atomic mass is 10.3. The summed E-state index contributed by atoms with van der Waals surface area (Å²) in [6.45, 7) is 5.95. The van der Waals surface area contributed by atoms with Gasteiger partial charge in [-0.1, -0.05) is 20.8 Å². The molecule has 0 radical (unpaired) electrons. The Labute approximate surface area is 190 Å². The monoisotopic (exact) mass is 468 g/mol. The van der Waals surface area contributed by atoms with Gasteiger partial charge in [0.25, 0.3) is 11.1 Å². The van der Waals surface area contributed by atoms with E-state index in [0.29, 0.717) is 13.0 Å². The molecule has 0 saturated heterocycles. The predicted molar refractivity (Wildman–Crippen MR) is 122 cm³/mol. The van der Waals surface area contributed by atoms with Gasteiger partial charge in [0, 0.05) is 33.0 Å². The first-order chi connectivity index (χ1) is 15.1. The fourth-order valence-corrected chi connectivity index (χ4v) is 2.51. The predicted octanol–water partition coefficient (Wildman–Crippen LogP) is 0.410. The van der Waals surface area contributed by atoms with E-state index < -0.39 is 34.4 Å². The quantitative estimate of drug-likeness (QED) is 0.574. The zero-order valence-corrected chi connectivity index (χ0v) is 18.8. The molecule has 0 amide bonds. The normalized spacial score (nSPS) is 9.85. The van der Waals surface area contributed by atoms with Crippen LogP contribution in [0.3, 0.4) is 0 Å². The van der Waals surface area contributed by atoms with E-state index in [9.17, 15) is 28.8 Å². The molecule has 0 aromatic carbocycles. The summed E-state index contributed by atoms with van der Waals surface area (Å²) in [7, 11) is 2.94. The number of nitrogens with one attached hydrogen (secondary N) is 1. The largest absolute Gasteiger partial charge is 0.462 e. The average Bonchev–Trinajstić information content (AvgIpc) is 2.74. The Morgan fingerprint density at radius 1 is 0.879 bits per heavy atom. The minimum Gasteiger partial charge on any atom is -0.462 e. The van der Waals surface area contributed by atoms with Crippen LogP contribution in [-0.2, 0) is 30.1 Å². The van der Waals surface area contributed by atoms with E-state index in [4.69, 9.17) is 4.74 Å². The average molecular weight is 469 g/mol. The number of carbonyl (C=O) groups excluding carboxylic acids is 2. The van der Waals surface area contributed by atoms with E-state index in [1.807, 2.05) is 11.9 Å². The number of hydrogen-bond donors (Lipinski definition) is 1. The Morgan fingerprint density at radius 3 is 1.91 bits per heavy atom. The number of esters is 2. The molecule has 12 nitrogen and oxygen atoms in total. The van der Waals surface area contributed by atoms with Gasteiger partial charge in [-0.15, -0.1) is 0 Å². The van der Waals surface area contributed by atoms with Gasteiger partial charge in [0.15, 0.2) is 0 Å². The smallest absolute Gasteiger partial charge is 0.345 e. The minimum atomic E-state index is -0.732. The van der Waals surface area contributed by atoms with Crippen molar-refractivity contribution in [3.8, 4) is 0 Å². The van der Waals surface area contributed by atoms with Crippen molar-refractivity contribution in [2.45, 2.75) is 47.6 Å². The molecule has 0 bridgehead atoms. The van der Waals surface area contributed by atoms with Crippen LogP contribution in [0.15, 0.2) is 31.6 Å². The van der Waals surface area contributed by atoms with Crippen molar-refractivity contribution in [2.24, 2.45) is 14.1 Å². The lowest BCUT2D eigenvalue weighted by Gasteiger charge is -2.09. The molecule has 0 unspecified atom stereocenters. The Morgan fingerprint density at radius 2 is 1.39 bits per heavy atom. The lowest BCUT2D eigenvalue weighted by molar-refractivity contribution is 0.0512. The zero-order chi connectivity index (χ0) is 24.4.